The Labute approximate surface area is 117 Å². The SMILES string of the molecule is CC1CCN(C(=O)N[C@@H](CCC(=O)O)C(=O)O)C(C)C1. The van der Waals surface area contributed by atoms with Gasteiger partial charge in [-0.1, -0.05) is 6.92 Å². The minimum absolute atomic E-state index is 0.0627. The van der Waals surface area contributed by atoms with Crippen molar-refractivity contribution in [3.63, 3.8) is 0 Å². The Kier molecular flexibility index (Phi) is 5.79. The lowest BCUT2D eigenvalue weighted by Gasteiger charge is -2.37. The van der Waals surface area contributed by atoms with E-state index in [0.29, 0.717) is 12.5 Å². The van der Waals surface area contributed by atoms with Gasteiger partial charge in [0.05, 0.1) is 0 Å². The molecule has 0 radical (unpaired) electrons. The Morgan fingerprint density at radius 2 is 1.95 bits per heavy atom. The Bertz CT molecular complexity index is 385. The van der Waals surface area contributed by atoms with E-state index in [4.69, 9.17) is 10.2 Å². The van der Waals surface area contributed by atoms with Crippen LogP contribution in [0.15, 0.2) is 0 Å². The van der Waals surface area contributed by atoms with Crippen molar-refractivity contribution >= 4 is 18.0 Å². The molecule has 0 bridgehead atoms. The van der Waals surface area contributed by atoms with E-state index in [1.54, 1.807) is 4.90 Å². The van der Waals surface area contributed by atoms with Gasteiger partial charge in [-0.2, -0.15) is 0 Å². The van der Waals surface area contributed by atoms with Crippen LogP contribution in [-0.4, -0.2) is 51.7 Å². The molecule has 1 rings (SSSR count). The fraction of sp³-hybridized carbons (Fsp3) is 0.769. The predicted octanol–water partition coefficient (Wildman–Crippen LogP) is 1.13. The summed E-state index contributed by atoms with van der Waals surface area (Å²) in [7, 11) is 0. The second-order valence-corrected chi connectivity index (χ2v) is 5.44. The average Bonchev–Trinajstić information content (AvgIpc) is 2.33. The summed E-state index contributed by atoms with van der Waals surface area (Å²) in [5.74, 6) is -1.74. The molecule has 1 fully saturated rings. The molecule has 0 aromatic rings. The number of likely N-dealkylation sites (tertiary alicyclic amines) is 1. The zero-order chi connectivity index (χ0) is 15.3. The van der Waals surface area contributed by atoms with Gasteiger partial charge in [-0.05, 0) is 32.1 Å². The monoisotopic (exact) mass is 286 g/mol. The molecule has 0 spiro atoms. The number of hydrogen-bond acceptors (Lipinski definition) is 3. The molecule has 3 atom stereocenters. The smallest absolute Gasteiger partial charge is 0.326 e. The van der Waals surface area contributed by atoms with Crippen molar-refractivity contribution in [2.75, 3.05) is 6.54 Å². The molecule has 114 valence electrons. The van der Waals surface area contributed by atoms with Crippen LogP contribution < -0.4 is 5.32 Å². The number of nitrogens with one attached hydrogen (secondary N) is 1. The molecule has 0 aliphatic carbocycles. The largest absolute Gasteiger partial charge is 0.481 e. The summed E-state index contributed by atoms with van der Waals surface area (Å²) >= 11 is 0. The van der Waals surface area contributed by atoms with E-state index in [1.807, 2.05) is 6.92 Å². The minimum Gasteiger partial charge on any atom is -0.481 e. The number of amides is 2. The van der Waals surface area contributed by atoms with E-state index in [-0.39, 0.29) is 18.9 Å². The Hall–Kier alpha value is -1.79. The normalized spacial score (nSPS) is 24.0. The lowest BCUT2D eigenvalue weighted by molar-refractivity contribution is -0.140. The molecule has 2 amide bonds. The van der Waals surface area contributed by atoms with Gasteiger partial charge in [0.2, 0.25) is 0 Å². The molecule has 1 aliphatic rings. The molecule has 0 aromatic heterocycles. The topological polar surface area (TPSA) is 107 Å². The third-order valence-corrected chi connectivity index (χ3v) is 3.64. The standard InChI is InChI=1S/C13H22N2O5/c1-8-5-6-15(9(2)7-8)13(20)14-10(12(18)19)3-4-11(16)17/h8-10H,3-7H2,1-2H3,(H,14,20)(H,16,17)(H,18,19)/t8?,9?,10-/m0/s1. The fourth-order valence-corrected chi connectivity index (χ4v) is 2.47. The first-order valence-electron chi connectivity index (χ1n) is 6.83. The number of nitrogens with zero attached hydrogens (tertiary/aromatic N) is 1. The van der Waals surface area contributed by atoms with Gasteiger partial charge in [0.25, 0.3) is 0 Å². The molecule has 0 saturated carbocycles. The Balaban J connectivity index is 2.57. The number of carboxylic acids is 2. The Morgan fingerprint density at radius 1 is 1.30 bits per heavy atom. The van der Waals surface area contributed by atoms with E-state index < -0.39 is 24.0 Å². The van der Waals surface area contributed by atoms with Crippen molar-refractivity contribution in [1.82, 2.24) is 10.2 Å². The average molecular weight is 286 g/mol. The van der Waals surface area contributed by atoms with Crippen LogP contribution in [0.1, 0.15) is 39.5 Å². The number of urea groups is 1. The summed E-state index contributed by atoms with van der Waals surface area (Å²) < 4.78 is 0. The highest BCUT2D eigenvalue weighted by molar-refractivity contribution is 5.83. The van der Waals surface area contributed by atoms with Gasteiger partial charge in [0.15, 0.2) is 0 Å². The summed E-state index contributed by atoms with van der Waals surface area (Å²) in [5.41, 5.74) is 0. The zero-order valence-corrected chi connectivity index (χ0v) is 11.8. The van der Waals surface area contributed by atoms with Crippen molar-refractivity contribution in [2.24, 2.45) is 5.92 Å². The zero-order valence-electron chi connectivity index (χ0n) is 11.8. The maximum atomic E-state index is 12.1. The lowest BCUT2D eigenvalue weighted by atomic mass is 9.94. The lowest BCUT2D eigenvalue weighted by Crippen LogP contribution is -2.53. The van der Waals surface area contributed by atoms with Crippen molar-refractivity contribution in [2.45, 2.75) is 51.6 Å². The highest BCUT2D eigenvalue weighted by Gasteiger charge is 2.29. The maximum Gasteiger partial charge on any atom is 0.326 e. The third kappa shape index (κ3) is 4.71. The number of carbonyl (C=O) groups is 3. The number of aliphatic carboxylic acids is 2. The van der Waals surface area contributed by atoms with Gasteiger partial charge in [0, 0.05) is 19.0 Å². The van der Waals surface area contributed by atoms with Crippen LogP contribution >= 0.6 is 0 Å². The fourth-order valence-electron chi connectivity index (χ4n) is 2.47. The first-order valence-corrected chi connectivity index (χ1v) is 6.83. The second kappa shape index (κ2) is 7.12. The molecule has 7 heteroatoms. The first-order chi connectivity index (χ1) is 9.31. The van der Waals surface area contributed by atoms with E-state index >= 15 is 0 Å². The maximum absolute atomic E-state index is 12.1. The van der Waals surface area contributed by atoms with Gasteiger partial charge in [0.1, 0.15) is 6.04 Å². The molecule has 7 nitrogen and oxygen atoms in total. The highest BCUT2D eigenvalue weighted by atomic mass is 16.4. The van der Waals surface area contributed by atoms with E-state index in [9.17, 15) is 14.4 Å². The van der Waals surface area contributed by atoms with Crippen LogP contribution in [0.25, 0.3) is 0 Å². The van der Waals surface area contributed by atoms with Gasteiger partial charge in [-0.15, -0.1) is 0 Å². The Morgan fingerprint density at radius 3 is 2.45 bits per heavy atom. The van der Waals surface area contributed by atoms with Crippen molar-refractivity contribution in [3.8, 4) is 0 Å². The van der Waals surface area contributed by atoms with Crippen molar-refractivity contribution in [3.05, 3.63) is 0 Å². The van der Waals surface area contributed by atoms with Crippen LogP contribution in [0.2, 0.25) is 0 Å². The highest BCUT2D eigenvalue weighted by Crippen LogP contribution is 2.22. The second-order valence-electron chi connectivity index (χ2n) is 5.44. The molecular weight excluding hydrogens is 264 g/mol. The molecule has 3 N–H and O–H groups in total. The molecule has 1 heterocycles. The number of rotatable bonds is 5. The number of hydrogen-bond donors (Lipinski definition) is 3. The van der Waals surface area contributed by atoms with Crippen LogP contribution in [-0.2, 0) is 9.59 Å². The number of carboxylic acid groups (broad SMARTS) is 2. The number of piperidine rings is 1. The van der Waals surface area contributed by atoms with Crippen LogP contribution in [0, 0.1) is 5.92 Å². The molecule has 2 unspecified atom stereocenters. The summed E-state index contributed by atoms with van der Waals surface area (Å²) in [6.45, 7) is 4.65. The summed E-state index contributed by atoms with van der Waals surface area (Å²) in [6.07, 6.45) is 1.38. The summed E-state index contributed by atoms with van der Waals surface area (Å²) in [5, 5.41) is 20.0. The van der Waals surface area contributed by atoms with E-state index in [0.717, 1.165) is 12.8 Å². The van der Waals surface area contributed by atoms with E-state index in [2.05, 4.69) is 12.2 Å². The van der Waals surface area contributed by atoms with Crippen LogP contribution in [0.3, 0.4) is 0 Å². The van der Waals surface area contributed by atoms with Gasteiger partial charge >= 0.3 is 18.0 Å². The summed E-state index contributed by atoms with van der Waals surface area (Å²) in [4.78, 5) is 35.2. The van der Waals surface area contributed by atoms with Gasteiger partial charge in [-0.3, -0.25) is 4.79 Å². The van der Waals surface area contributed by atoms with Crippen LogP contribution in [0.5, 0.6) is 0 Å². The van der Waals surface area contributed by atoms with Crippen molar-refractivity contribution in [1.29, 1.82) is 0 Å². The van der Waals surface area contributed by atoms with Gasteiger partial charge < -0.3 is 20.4 Å². The first kappa shape index (κ1) is 16.3. The van der Waals surface area contributed by atoms with Crippen LogP contribution in [0.4, 0.5) is 4.79 Å². The van der Waals surface area contributed by atoms with Crippen molar-refractivity contribution < 1.29 is 24.6 Å². The summed E-state index contributed by atoms with van der Waals surface area (Å²) in [6, 6.07) is -1.53. The van der Waals surface area contributed by atoms with E-state index in [1.165, 1.54) is 0 Å². The quantitative estimate of drug-likeness (QED) is 0.702. The molecule has 20 heavy (non-hydrogen) atoms. The minimum atomic E-state index is -1.21. The molecule has 1 saturated heterocycles. The third-order valence-electron chi connectivity index (χ3n) is 3.64. The number of carbonyl (C=O) groups excluding carboxylic acids is 1. The molecule has 0 aromatic carbocycles. The molecule has 1 aliphatic heterocycles. The molecular formula is C13H22N2O5. The predicted molar refractivity (Wildman–Crippen MR) is 71.4 cm³/mol. The van der Waals surface area contributed by atoms with Gasteiger partial charge in [-0.25, -0.2) is 9.59 Å².